The average Bonchev–Trinajstić information content (AvgIpc) is 2.29. The minimum absolute atomic E-state index is 0.0749. The number of carboxylic acids is 1. The van der Waals surface area contributed by atoms with Crippen LogP contribution in [0.15, 0.2) is 0 Å². The molecular weight excluding hydrogens is 238 g/mol. The maximum atomic E-state index is 11.1. The standard InChI is InChI=1S/C12H21NO3S/c1-8(2)10-7-12(4-5-16-10)13-9(11(14)15)3-6-17-12/h8-10,13H,3-7H2,1-2H3,(H,14,15). The van der Waals surface area contributed by atoms with E-state index >= 15 is 0 Å². The molecule has 2 rings (SSSR count). The minimum atomic E-state index is -0.725. The molecule has 2 aliphatic rings. The fourth-order valence-electron chi connectivity index (χ4n) is 2.54. The summed E-state index contributed by atoms with van der Waals surface area (Å²) in [7, 11) is 0. The molecule has 0 saturated carbocycles. The number of nitrogens with one attached hydrogen (secondary N) is 1. The topological polar surface area (TPSA) is 58.6 Å². The normalized spacial score (nSPS) is 38.5. The van der Waals surface area contributed by atoms with Gasteiger partial charge in [-0.1, -0.05) is 13.8 Å². The molecule has 17 heavy (non-hydrogen) atoms. The van der Waals surface area contributed by atoms with E-state index in [2.05, 4.69) is 19.2 Å². The molecule has 4 nitrogen and oxygen atoms in total. The number of aliphatic carboxylic acids is 1. The fourth-order valence-corrected chi connectivity index (χ4v) is 4.02. The van der Waals surface area contributed by atoms with Gasteiger partial charge in [0, 0.05) is 13.0 Å². The van der Waals surface area contributed by atoms with Crippen LogP contribution in [0.5, 0.6) is 0 Å². The zero-order valence-corrected chi connectivity index (χ0v) is 11.3. The van der Waals surface area contributed by atoms with Crippen molar-refractivity contribution in [1.29, 1.82) is 0 Å². The number of thioether (sulfide) groups is 1. The van der Waals surface area contributed by atoms with Crippen molar-refractivity contribution in [1.82, 2.24) is 5.32 Å². The average molecular weight is 259 g/mol. The second kappa shape index (κ2) is 5.16. The summed E-state index contributed by atoms with van der Waals surface area (Å²) in [6.45, 7) is 5.05. The molecule has 2 N–H and O–H groups in total. The largest absolute Gasteiger partial charge is 0.480 e. The molecule has 0 aromatic rings. The zero-order valence-electron chi connectivity index (χ0n) is 10.4. The maximum Gasteiger partial charge on any atom is 0.320 e. The summed E-state index contributed by atoms with van der Waals surface area (Å²) < 4.78 is 5.76. The van der Waals surface area contributed by atoms with Gasteiger partial charge in [-0.25, -0.2) is 0 Å². The summed E-state index contributed by atoms with van der Waals surface area (Å²) in [6.07, 6.45) is 2.79. The number of hydrogen-bond donors (Lipinski definition) is 2. The molecular formula is C12H21NO3S. The van der Waals surface area contributed by atoms with Gasteiger partial charge in [0.15, 0.2) is 0 Å². The third-order valence-electron chi connectivity index (χ3n) is 3.63. The lowest BCUT2D eigenvalue weighted by Crippen LogP contribution is -2.58. The third kappa shape index (κ3) is 2.95. The lowest BCUT2D eigenvalue weighted by Gasteiger charge is -2.46. The van der Waals surface area contributed by atoms with E-state index in [0.717, 1.165) is 31.6 Å². The summed E-state index contributed by atoms with van der Waals surface area (Å²) in [6, 6.07) is -0.387. The lowest BCUT2D eigenvalue weighted by molar-refractivity contribution is -0.140. The monoisotopic (exact) mass is 259 g/mol. The Kier molecular flexibility index (Phi) is 4.00. The third-order valence-corrected chi connectivity index (χ3v) is 5.11. The van der Waals surface area contributed by atoms with Gasteiger partial charge in [0.25, 0.3) is 0 Å². The molecule has 0 aromatic carbocycles. The SMILES string of the molecule is CC(C)C1CC2(CCO1)NC(C(=O)O)CCS2. The van der Waals surface area contributed by atoms with Crippen molar-refractivity contribution in [2.75, 3.05) is 12.4 Å². The Morgan fingerprint density at radius 2 is 2.35 bits per heavy atom. The van der Waals surface area contributed by atoms with Crippen LogP contribution in [0.4, 0.5) is 0 Å². The molecule has 2 fully saturated rings. The first-order chi connectivity index (χ1) is 8.02. The molecule has 0 bridgehead atoms. The summed E-state index contributed by atoms with van der Waals surface area (Å²) in [5, 5.41) is 12.5. The van der Waals surface area contributed by atoms with Crippen molar-refractivity contribution in [3.05, 3.63) is 0 Å². The van der Waals surface area contributed by atoms with E-state index in [1.807, 2.05) is 11.8 Å². The Morgan fingerprint density at radius 3 is 3.00 bits per heavy atom. The highest BCUT2D eigenvalue weighted by Gasteiger charge is 2.43. The van der Waals surface area contributed by atoms with Crippen LogP contribution in [0.1, 0.15) is 33.1 Å². The first kappa shape index (κ1) is 13.2. The molecule has 98 valence electrons. The molecule has 3 atom stereocenters. The van der Waals surface area contributed by atoms with Crippen molar-refractivity contribution in [3.63, 3.8) is 0 Å². The van der Waals surface area contributed by atoms with Crippen LogP contribution < -0.4 is 5.32 Å². The fraction of sp³-hybridized carbons (Fsp3) is 0.917. The predicted octanol–water partition coefficient (Wildman–Crippen LogP) is 1.70. The summed E-state index contributed by atoms with van der Waals surface area (Å²) in [5.74, 6) is 0.687. The van der Waals surface area contributed by atoms with Crippen molar-refractivity contribution in [2.45, 2.75) is 50.1 Å². The summed E-state index contributed by atoms with van der Waals surface area (Å²) >= 11 is 1.87. The van der Waals surface area contributed by atoms with Crippen LogP contribution in [-0.4, -0.2) is 40.5 Å². The van der Waals surface area contributed by atoms with Gasteiger partial charge in [0.2, 0.25) is 0 Å². The molecule has 1 spiro atoms. The smallest absolute Gasteiger partial charge is 0.320 e. The second-order valence-electron chi connectivity index (χ2n) is 5.27. The number of hydrogen-bond acceptors (Lipinski definition) is 4. The van der Waals surface area contributed by atoms with Crippen LogP contribution in [0.25, 0.3) is 0 Å². The number of ether oxygens (including phenoxy) is 1. The van der Waals surface area contributed by atoms with E-state index in [4.69, 9.17) is 9.84 Å². The maximum absolute atomic E-state index is 11.1. The Hall–Kier alpha value is -0.260. The predicted molar refractivity (Wildman–Crippen MR) is 68.2 cm³/mol. The van der Waals surface area contributed by atoms with Crippen LogP contribution >= 0.6 is 11.8 Å². The van der Waals surface area contributed by atoms with E-state index < -0.39 is 5.97 Å². The molecule has 0 aliphatic carbocycles. The quantitative estimate of drug-likeness (QED) is 0.790. The van der Waals surface area contributed by atoms with Gasteiger partial charge in [-0.05, 0) is 24.5 Å². The van der Waals surface area contributed by atoms with Crippen LogP contribution in [0.3, 0.4) is 0 Å². The van der Waals surface area contributed by atoms with E-state index in [9.17, 15) is 4.79 Å². The molecule has 2 heterocycles. The Labute approximate surface area is 106 Å². The summed E-state index contributed by atoms with van der Waals surface area (Å²) in [4.78, 5) is 11.0. The lowest BCUT2D eigenvalue weighted by atomic mass is 9.93. The summed E-state index contributed by atoms with van der Waals surface area (Å²) in [5.41, 5.74) is 0. The van der Waals surface area contributed by atoms with Gasteiger partial charge in [-0.15, -0.1) is 11.8 Å². The first-order valence-electron chi connectivity index (χ1n) is 6.28. The molecule has 2 aliphatic heterocycles. The molecule has 0 amide bonds. The van der Waals surface area contributed by atoms with Gasteiger partial charge in [0.05, 0.1) is 11.0 Å². The van der Waals surface area contributed by atoms with Crippen molar-refractivity contribution in [3.8, 4) is 0 Å². The number of carbonyl (C=O) groups is 1. The van der Waals surface area contributed by atoms with Crippen LogP contribution in [0.2, 0.25) is 0 Å². The highest BCUT2D eigenvalue weighted by molar-refractivity contribution is 8.00. The molecule has 0 radical (unpaired) electrons. The van der Waals surface area contributed by atoms with Crippen LogP contribution in [-0.2, 0) is 9.53 Å². The molecule has 2 saturated heterocycles. The second-order valence-corrected chi connectivity index (χ2v) is 6.75. The first-order valence-corrected chi connectivity index (χ1v) is 7.27. The Bertz CT molecular complexity index is 293. The van der Waals surface area contributed by atoms with E-state index in [1.54, 1.807) is 0 Å². The zero-order chi connectivity index (χ0) is 12.5. The highest BCUT2D eigenvalue weighted by atomic mass is 32.2. The van der Waals surface area contributed by atoms with Crippen molar-refractivity contribution >= 4 is 17.7 Å². The van der Waals surface area contributed by atoms with Crippen molar-refractivity contribution in [2.24, 2.45) is 5.92 Å². The van der Waals surface area contributed by atoms with Crippen LogP contribution in [0, 0.1) is 5.92 Å². The van der Waals surface area contributed by atoms with Gasteiger partial charge in [-0.2, -0.15) is 0 Å². The minimum Gasteiger partial charge on any atom is -0.480 e. The van der Waals surface area contributed by atoms with Gasteiger partial charge >= 0.3 is 5.97 Å². The van der Waals surface area contributed by atoms with Gasteiger partial charge in [-0.3, -0.25) is 10.1 Å². The molecule has 0 aromatic heterocycles. The highest BCUT2D eigenvalue weighted by Crippen LogP contribution is 2.40. The molecule has 3 unspecified atom stereocenters. The van der Waals surface area contributed by atoms with E-state index in [1.165, 1.54) is 0 Å². The van der Waals surface area contributed by atoms with E-state index in [0.29, 0.717) is 5.92 Å². The van der Waals surface area contributed by atoms with Gasteiger partial charge < -0.3 is 9.84 Å². The number of rotatable bonds is 2. The Morgan fingerprint density at radius 1 is 1.59 bits per heavy atom. The van der Waals surface area contributed by atoms with Crippen molar-refractivity contribution < 1.29 is 14.6 Å². The van der Waals surface area contributed by atoms with E-state index in [-0.39, 0.29) is 17.0 Å². The number of carboxylic acid groups (broad SMARTS) is 1. The Balaban J connectivity index is 2.04. The van der Waals surface area contributed by atoms with Gasteiger partial charge in [0.1, 0.15) is 6.04 Å². The molecule has 5 heteroatoms.